The van der Waals surface area contributed by atoms with Crippen LogP contribution in [0.15, 0.2) is 12.1 Å². The number of nitrogens with zero attached hydrogens (tertiary/aromatic N) is 1. The highest BCUT2D eigenvalue weighted by Gasteiger charge is 2.12. The standard InChI is InChI=1S/C13H21NO/c1-9(2)14(5)12-7-10(3)11(4)8-13(12)15-6/h7-9H,1-6H3. The molecule has 0 spiro atoms. The summed E-state index contributed by atoms with van der Waals surface area (Å²) in [5.41, 5.74) is 3.74. The summed E-state index contributed by atoms with van der Waals surface area (Å²) in [6.07, 6.45) is 0. The first kappa shape index (κ1) is 11.9. The molecule has 0 amide bonds. The molecule has 0 saturated heterocycles. The number of methoxy groups -OCH3 is 1. The maximum Gasteiger partial charge on any atom is 0.142 e. The molecular weight excluding hydrogens is 186 g/mol. The monoisotopic (exact) mass is 207 g/mol. The second-order valence-corrected chi connectivity index (χ2v) is 4.31. The molecule has 0 aliphatic heterocycles. The number of ether oxygens (including phenoxy) is 1. The van der Waals surface area contributed by atoms with E-state index in [1.54, 1.807) is 7.11 Å². The van der Waals surface area contributed by atoms with Crippen molar-refractivity contribution in [2.45, 2.75) is 33.7 Å². The third-order valence-electron chi connectivity index (χ3n) is 2.95. The van der Waals surface area contributed by atoms with E-state index in [1.165, 1.54) is 11.1 Å². The number of hydrogen-bond acceptors (Lipinski definition) is 2. The van der Waals surface area contributed by atoms with Crippen LogP contribution in [0.4, 0.5) is 5.69 Å². The van der Waals surface area contributed by atoms with Gasteiger partial charge in [-0.05, 0) is 51.0 Å². The Balaban J connectivity index is 3.21. The molecular formula is C13H21NO. The molecule has 0 bridgehead atoms. The Morgan fingerprint density at radius 2 is 1.67 bits per heavy atom. The number of anilines is 1. The lowest BCUT2D eigenvalue weighted by molar-refractivity contribution is 0.413. The van der Waals surface area contributed by atoms with Crippen LogP contribution in [0.3, 0.4) is 0 Å². The minimum atomic E-state index is 0.473. The SMILES string of the molecule is COc1cc(C)c(C)cc1N(C)C(C)C. The molecule has 2 heteroatoms. The van der Waals surface area contributed by atoms with Crippen molar-refractivity contribution in [3.05, 3.63) is 23.3 Å². The summed E-state index contributed by atoms with van der Waals surface area (Å²) in [7, 11) is 3.82. The summed E-state index contributed by atoms with van der Waals surface area (Å²) in [5, 5.41) is 0. The second kappa shape index (κ2) is 4.56. The Kier molecular flexibility index (Phi) is 3.61. The van der Waals surface area contributed by atoms with E-state index in [0.29, 0.717) is 6.04 Å². The molecule has 2 nitrogen and oxygen atoms in total. The predicted octanol–water partition coefficient (Wildman–Crippen LogP) is 3.16. The molecule has 1 rings (SSSR count). The fourth-order valence-corrected chi connectivity index (χ4v) is 1.49. The van der Waals surface area contributed by atoms with Gasteiger partial charge >= 0.3 is 0 Å². The first-order chi connectivity index (χ1) is 6.97. The molecule has 0 N–H and O–H groups in total. The summed E-state index contributed by atoms with van der Waals surface area (Å²) in [5.74, 6) is 0.953. The fraction of sp³-hybridized carbons (Fsp3) is 0.538. The van der Waals surface area contributed by atoms with Crippen LogP contribution >= 0.6 is 0 Å². The summed E-state index contributed by atoms with van der Waals surface area (Å²) >= 11 is 0. The van der Waals surface area contributed by atoms with Gasteiger partial charge in [0.2, 0.25) is 0 Å². The molecule has 84 valence electrons. The Labute approximate surface area is 92.9 Å². The molecule has 0 radical (unpaired) electrons. The van der Waals surface area contributed by atoms with Crippen molar-refractivity contribution in [2.75, 3.05) is 19.1 Å². The summed E-state index contributed by atoms with van der Waals surface area (Å²) < 4.78 is 5.41. The van der Waals surface area contributed by atoms with Gasteiger partial charge in [-0.3, -0.25) is 0 Å². The van der Waals surface area contributed by atoms with Crippen molar-refractivity contribution in [1.29, 1.82) is 0 Å². The van der Waals surface area contributed by atoms with Gasteiger partial charge in [-0.15, -0.1) is 0 Å². The van der Waals surface area contributed by atoms with Crippen molar-refractivity contribution in [3.63, 3.8) is 0 Å². The Hall–Kier alpha value is -1.18. The van der Waals surface area contributed by atoms with Gasteiger partial charge in [0.05, 0.1) is 12.8 Å². The van der Waals surface area contributed by atoms with E-state index in [-0.39, 0.29) is 0 Å². The van der Waals surface area contributed by atoms with Crippen LogP contribution < -0.4 is 9.64 Å². The maximum atomic E-state index is 5.41. The molecule has 0 saturated carbocycles. The molecule has 0 heterocycles. The summed E-state index contributed by atoms with van der Waals surface area (Å²) in [4.78, 5) is 2.23. The van der Waals surface area contributed by atoms with Crippen LogP contribution in [0.25, 0.3) is 0 Å². The van der Waals surface area contributed by atoms with Crippen LogP contribution in [0.5, 0.6) is 5.75 Å². The predicted molar refractivity (Wildman–Crippen MR) is 66.0 cm³/mol. The number of hydrogen-bond donors (Lipinski definition) is 0. The molecule has 0 aliphatic rings. The van der Waals surface area contributed by atoms with Gasteiger partial charge in [-0.25, -0.2) is 0 Å². The molecule has 0 atom stereocenters. The van der Waals surface area contributed by atoms with Gasteiger partial charge in [0.25, 0.3) is 0 Å². The van der Waals surface area contributed by atoms with Crippen LogP contribution in [-0.4, -0.2) is 20.2 Å². The zero-order valence-electron chi connectivity index (χ0n) is 10.6. The topological polar surface area (TPSA) is 12.5 Å². The minimum Gasteiger partial charge on any atom is -0.495 e. The molecule has 0 fully saturated rings. The summed E-state index contributed by atoms with van der Waals surface area (Å²) in [6, 6.07) is 4.76. The van der Waals surface area contributed by atoms with Crippen molar-refractivity contribution in [3.8, 4) is 5.75 Å². The lowest BCUT2D eigenvalue weighted by Gasteiger charge is -2.26. The van der Waals surface area contributed by atoms with Crippen molar-refractivity contribution < 1.29 is 4.74 Å². The van der Waals surface area contributed by atoms with Crippen molar-refractivity contribution in [2.24, 2.45) is 0 Å². The third-order valence-corrected chi connectivity index (χ3v) is 2.95. The van der Waals surface area contributed by atoms with E-state index >= 15 is 0 Å². The van der Waals surface area contributed by atoms with E-state index in [4.69, 9.17) is 4.74 Å². The highest BCUT2D eigenvalue weighted by molar-refractivity contribution is 5.61. The van der Waals surface area contributed by atoms with Gasteiger partial charge in [0, 0.05) is 13.1 Å². The number of benzene rings is 1. The quantitative estimate of drug-likeness (QED) is 0.755. The van der Waals surface area contributed by atoms with E-state index < -0.39 is 0 Å². The number of rotatable bonds is 3. The van der Waals surface area contributed by atoms with Gasteiger partial charge in [0.1, 0.15) is 5.75 Å². The molecule has 0 aromatic heterocycles. The largest absolute Gasteiger partial charge is 0.495 e. The van der Waals surface area contributed by atoms with Gasteiger partial charge in [-0.2, -0.15) is 0 Å². The van der Waals surface area contributed by atoms with Crippen LogP contribution in [0, 0.1) is 13.8 Å². The molecule has 0 unspecified atom stereocenters. The Bertz CT molecular complexity index is 345. The maximum absolute atomic E-state index is 5.41. The average Bonchev–Trinajstić information content (AvgIpc) is 2.20. The van der Waals surface area contributed by atoms with Gasteiger partial charge in [0.15, 0.2) is 0 Å². The molecule has 1 aromatic rings. The van der Waals surface area contributed by atoms with Crippen molar-refractivity contribution >= 4 is 5.69 Å². The highest BCUT2D eigenvalue weighted by Crippen LogP contribution is 2.31. The normalized spacial score (nSPS) is 10.6. The lowest BCUT2D eigenvalue weighted by Crippen LogP contribution is -2.26. The zero-order chi connectivity index (χ0) is 11.6. The Morgan fingerprint density at radius 3 is 2.13 bits per heavy atom. The van der Waals surface area contributed by atoms with E-state index in [9.17, 15) is 0 Å². The summed E-state index contributed by atoms with van der Waals surface area (Å²) in [6.45, 7) is 8.59. The van der Waals surface area contributed by atoms with Crippen molar-refractivity contribution in [1.82, 2.24) is 0 Å². The highest BCUT2D eigenvalue weighted by atomic mass is 16.5. The fourth-order valence-electron chi connectivity index (χ4n) is 1.49. The zero-order valence-corrected chi connectivity index (χ0v) is 10.6. The van der Waals surface area contributed by atoms with E-state index in [2.05, 4.69) is 51.8 Å². The van der Waals surface area contributed by atoms with Crippen LogP contribution in [0.1, 0.15) is 25.0 Å². The lowest BCUT2D eigenvalue weighted by atomic mass is 10.1. The third kappa shape index (κ3) is 2.44. The van der Waals surface area contributed by atoms with Crippen LogP contribution in [-0.2, 0) is 0 Å². The number of aryl methyl sites for hydroxylation is 2. The smallest absolute Gasteiger partial charge is 0.142 e. The van der Waals surface area contributed by atoms with E-state index in [0.717, 1.165) is 11.4 Å². The van der Waals surface area contributed by atoms with Gasteiger partial charge in [-0.1, -0.05) is 0 Å². The average molecular weight is 207 g/mol. The van der Waals surface area contributed by atoms with E-state index in [1.807, 2.05) is 0 Å². The van der Waals surface area contributed by atoms with Crippen LogP contribution in [0.2, 0.25) is 0 Å². The molecule has 15 heavy (non-hydrogen) atoms. The molecule has 0 aliphatic carbocycles. The first-order valence-electron chi connectivity index (χ1n) is 5.35. The van der Waals surface area contributed by atoms with Gasteiger partial charge < -0.3 is 9.64 Å². The molecule has 1 aromatic carbocycles. The first-order valence-corrected chi connectivity index (χ1v) is 5.35. The Morgan fingerprint density at radius 1 is 1.13 bits per heavy atom. The second-order valence-electron chi connectivity index (χ2n) is 4.31. The minimum absolute atomic E-state index is 0.473.